The van der Waals surface area contributed by atoms with Crippen LogP contribution in [0.2, 0.25) is 10.0 Å². The molecular weight excluding hydrogens is 407 g/mol. The van der Waals surface area contributed by atoms with Gasteiger partial charge in [-0.15, -0.1) is 0 Å². The van der Waals surface area contributed by atoms with Crippen molar-refractivity contribution in [3.63, 3.8) is 0 Å². The summed E-state index contributed by atoms with van der Waals surface area (Å²) in [5.74, 6) is 0.714. The molecular formula is C23H22Cl2N2O2. The minimum atomic E-state index is -0.535. The average Bonchev–Trinajstić information content (AvgIpc) is 2.75. The van der Waals surface area contributed by atoms with Crippen LogP contribution in [-0.2, 0) is 4.79 Å². The predicted molar refractivity (Wildman–Crippen MR) is 119 cm³/mol. The van der Waals surface area contributed by atoms with E-state index in [1.807, 2.05) is 60.4 Å². The third-order valence-electron chi connectivity index (χ3n) is 5.24. The van der Waals surface area contributed by atoms with Gasteiger partial charge in [0, 0.05) is 31.9 Å². The van der Waals surface area contributed by atoms with Crippen LogP contribution >= 0.6 is 23.2 Å². The summed E-state index contributed by atoms with van der Waals surface area (Å²) in [6.45, 7) is 4.58. The lowest BCUT2D eigenvalue weighted by Crippen LogP contribution is -2.52. The Hall–Kier alpha value is -2.43. The van der Waals surface area contributed by atoms with Gasteiger partial charge < -0.3 is 14.5 Å². The number of hydrogen-bond donors (Lipinski definition) is 0. The van der Waals surface area contributed by atoms with E-state index in [9.17, 15) is 4.79 Å². The Balaban J connectivity index is 1.36. The molecule has 1 fully saturated rings. The molecule has 0 saturated carbocycles. The number of rotatable bonds is 4. The van der Waals surface area contributed by atoms with Gasteiger partial charge in [-0.1, -0.05) is 53.5 Å². The molecule has 0 unspecified atom stereocenters. The van der Waals surface area contributed by atoms with Crippen molar-refractivity contribution in [3.05, 3.63) is 70.7 Å². The lowest BCUT2D eigenvalue weighted by Gasteiger charge is -2.37. The van der Waals surface area contributed by atoms with E-state index in [0.717, 1.165) is 29.5 Å². The number of benzene rings is 3. The number of carbonyl (C=O) groups excluding carboxylic acids is 1. The van der Waals surface area contributed by atoms with E-state index in [0.29, 0.717) is 28.9 Å². The van der Waals surface area contributed by atoms with Crippen LogP contribution in [0.1, 0.15) is 6.92 Å². The summed E-state index contributed by atoms with van der Waals surface area (Å²) < 4.78 is 5.94. The Morgan fingerprint density at radius 1 is 0.897 bits per heavy atom. The van der Waals surface area contributed by atoms with Gasteiger partial charge in [0.15, 0.2) is 6.10 Å². The highest BCUT2D eigenvalue weighted by molar-refractivity contribution is 6.42. The summed E-state index contributed by atoms with van der Waals surface area (Å²) in [6.07, 6.45) is -0.535. The van der Waals surface area contributed by atoms with Gasteiger partial charge in [-0.05, 0) is 48.0 Å². The molecule has 0 spiro atoms. The summed E-state index contributed by atoms with van der Waals surface area (Å²) in [7, 11) is 0. The number of fused-ring (bicyclic) bond motifs is 1. The molecule has 6 heteroatoms. The first-order valence-corrected chi connectivity index (χ1v) is 10.4. The molecule has 29 heavy (non-hydrogen) atoms. The van der Waals surface area contributed by atoms with Gasteiger partial charge in [0.2, 0.25) is 0 Å². The van der Waals surface area contributed by atoms with Crippen LogP contribution in [0.25, 0.3) is 10.8 Å². The smallest absolute Gasteiger partial charge is 0.263 e. The number of piperazine rings is 1. The molecule has 0 bridgehead atoms. The highest BCUT2D eigenvalue weighted by Crippen LogP contribution is 2.28. The molecule has 4 nitrogen and oxygen atoms in total. The second kappa shape index (κ2) is 8.52. The Kier molecular flexibility index (Phi) is 5.84. The van der Waals surface area contributed by atoms with E-state index in [1.165, 1.54) is 0 Å². The summed E-state index contributed by atoms with van der Waals surface area (Å²) in [5, 5.41) is 3.33. The van der Waals surface area contributed by atoms with Crippen LogP contribution < -0.4 is 9.64 Å². The van der Waals surface area contributed by atoms with Crippen LogP contribution in [0.3, 0.4) is 0 Å². The standard InChI is InChI=1S/C23H22Cl2N2O2/c1-16(29-20-8-6-17-4-2-3-5-18(17)14-20)23(28)27-12-10-26(11-13-27)19-7-9-21(24)22(25)15-19/h2-9,14-16H,10-13H2,1H3/t16-/m0/s1. The van der Waals surface area contributed by atoms with E-state index < -0.39 is 6.10 Å². The first-order valence-electron chi connectivity index (χ1n) is 9.65. The summed E-state index contributed by atoms with van der Waals surface area (Å²) in [6, 6.07) is 19.6. The molecule has 0 aromatic heterocycles. The SMILES string of the molecule is C[C@H](Oc1ccc2ccccc2c1)C(=O)N1CCN(c2ccc(Cl)c(Cl)c2)CC1. The Morgan fingerprint density at radius 2 is 1.62 bits per heavy atom. The van der Waals surface area contributed by atoms with E-state index in [4.69, 9.17) is 27.9 Å². The van der Waals surface area contributed by atoms with Crippen LogP contribution in [-0.4, -0.2) is 43.1 Å². The molecule has 3 aromatic carbocycles. The number of nitrogens with zero attached hydrogens (tertiary/aromatic N) is 2. The zero-order chi connectivity index (χ0) is 20.4. The first-order chi connectivity index (χ1) is 14.0. The fraction of sp³-hybridized carbons (Fsp3) is 0.261. The second-order valence-electron chi connectivity index (χ2n) is 7.18. The fourth-order valence-electron chi connectivity index (χ4n) is 3.62. The average molecular weight is 429 g/mol. The molecule has 1 heterocycles. The molecule has 1 amide bonds. The lowest BCUT2D eigenvalue weighted by atomic mass is 10.1. The molecule has 0 aliphatic carbocycles. The van der Waals surface area contributed by atoms with Gasteiger partial charge in [-0.25, -0.2) is 0 Å². The minimum absolute atomic E-state index is 0.00643. The maximum absolute atomic E-state index is 12.9. The molecule has 3 aromatic rings. The van der Waals surface area contributed by atoms with Gasteiger partial charge in [-0.3, -0.25) is 4.79 Å². The van der Waals surface area contributed by atoms with Gasteiger partial charge >= 0.3 is 0 Å². The number of hydrogen-bond acceptors (Lipinski definition) is 3. The highest BCUT2D eigenvalue weighted by Gasteiger charge is 2.26. The van der Waals surface area contributed by atoms with Crippen molar-refractivity contribution in [2.75, 3.05) is 31.1 Å². The van der Waals surface area contributed by atoms with Crippen molar-refractivity contribution in [3.8, 4) is 5.75 Å². The molecule has 1 aliphatic rings. The van der Waals surface area contributed by atoms with Crippen LogP contribution in [0.4, 0.5) is 5.69 Å². The molecule has 150 valence electrons. The van der Waals surface area contributed by atoms with Crippen molar-refractivity contribution >= 4 is 45.6 Å². The van der Waals surface area contributed by atoms with E-state index >= 15 is 0 Å². The zero-order valence-corrected chi connectivity index (χ0v) is 17.7. The third kappa shape index (κ3) is 4.44. The maximum Gasteiger partial charge on any atom is 0.263 e. The van der Waals surface area contributed by atoms with Crippen LogP contribution in [0.5, 0.6) is 5.75 Å². The minimum Gasteiger partial charge on any atom is -0.481 e. The quantitative estimate of drug-likeness (QED) is 0.567. The largest absolute Gasteiger partial charge is 0.481 e. The third-order valence-corrected chi connectivity index (χ3v) is 5.98. The van der Waals surface area contributed by atoms with Crippen molar-refractivity contribution in [2.24, 2.45) is 0 Å². The molecule has 1 atom stereocenters. The fourth-order valence-corrected chi connectivity index (χ4v) is 3.91. The van der Waals surface area contributed by atoms with Crippen molar-refractivity contribution in [1.82, 2.24) is 4.90 Å². The van der Waals surface area contributed by atoms with E-state index in [2.05, 4.69) is 11.0 Å². The number of anilines is 1. The maximum atomic E-state index is 12.9. The predicted octanol–water partition coefficient (Wildman–Crippen LogP) is 5.26. The van der Waals surface area contributed by atoms with Crippen LogP contribution in [0.15, 0.2) is 60.7 Å². The molecule has 0 N–H and O–H groups in total. The highest BCUT2D eigenvalue weighted by atomic mass is 35.5. The Bertz CT molecular complexity index is 1030. The molecule has 1 saturated heterocycles. The summed E-state index contributed by atoms with van der Waals surface area (Å²) in [5.41, 5.74) is 1.02. The molecule has 1 aliphatic heterocycles. The lowest BCUT2D eigenvalue weighted by molar-refractivity contribution is -0.138. The van der Waals surface area contributed by atoms with Gasteiger partial charge in [0.05, 0.1) is 10.0 Å². The number of amides is 1. The van der Waals surface area contributed by atoms with Crippen molar-refractivity contribution in [1.29, 1.82) is 0 Å². The monoisotopic (exact) mass is 428 g/mol. The van der Waals surface area contributed by atoms with E-state index in [-0.39, 0.29) is 5.91 Å². The molecule has 4 rings (SSSR count). The molecule has 0 radical (unpaired) electrons. The number of halogens is 2. The number of ether oxygens (including phenoxy) is 1. The Morgan fingerprint density at radius 3 is 2.34 bits per heavy atom. The van der Waals surface area contributed by atoms with E-state index in [1.54, 1.807) is 6.07 Å². The van der Waals surface area contributed by atoms with Gasteiger partial charge in [-0.2, -0.15) is 0 Å². The van der Waals surface area contributed by atoms with Crippen molar-refractivity contribution < 1.29 is 9.53 Å². The second-order valence-corrected chi connectivity index (χ2v) is 7.99. The summed E-state index contributed by atoms with van der Waals surface area (Å²) in [4.78, 5) is 16.9. The van der Waals surface area contributed by atoms with Crippen LogP contribution in [0, 0.1) is 0 Å². The normalized spacial score (nSPS) is 15.4. The Labute approximate surface area is 180 Å². The van der Waals surface area contributed by atoms with Gasteiger partial charge in [0.1, 0.15) is 5.75 Å². The topological polar surface area (TPSA) is 32.8 Å². The number of carbonyl (C=O) groups is 1. The van der Waals surface area contributed by atoms with Crippen molar-refractivity contribution in [2.45, 2.75) is 13.0 Å². The van der Waals surface area contributed by atoms with Gasteiger partial charge in [0.25, 0.3) is 5.91 Å². The zero-order valence-electron chi connectivity index (χ0n) is 16.1. The first kappa shape index (κ1) is 19.9. The summed E-state index contributed by atoms with van der Waals surface area (Å²) >= 11 is 12.1.